The lowest BCUT2D eigenvalue weighted by Gasteiger charge is -2.13. The van der Waals surface area contributed by atoms with E-state index < -0.39 is 24.6 Å². The summed E-state index contributed by atoms with van der Waals surface area (Å²) >= 11 is 3.36. The molecule has 2 heterocycles. The van der Waals surface area contributed by atoms with Gasteiger partial charge in [-0.15, -0.1) is 0 Å². The molecule has 0 atom stereocenters. The molecule has 0 saturated heterocycles. The van der Waals surface area contributed by atoms with Gasteiger partial charge in [0.2, 0.25) is 5.88 Å². The number of alkyl halides is 3. The Morgan fingerprint density at radius 3 is 2.61 bits per heavy atom. The number of amides is 1. The number of ether oxygens (including phenoxy) is 1. The predicted molar refractivity (Wildman–Crippen MR) is 99.2 cm³/mol. The summed E-state index contributed by atoms with van der Waals surface area (Å²) in [6.45, 7) is -1.13. The van der Waals surface area contributed by atoms with Crippen molar-refractivity contribution in [3.8, 4) is 5.88 Å². The van der Waals surface area contributed by atoms with Crippen LogP contribution in [0.4, 0.5) is 19.0 Å². The zero-order valence-electron chi connectivity index (χ0n) is 14.3. The summed E-state index contributed by atoms with van der Waals surface area (Å²) in [6.07, 6.45) is -1.77. The molecule has 0 fully saturated rings. The van der Waals surface area contributed by atoms with E-state index in [1.807, 2.05) is 24.3 Å². The van der Waals surface area contributed by atoms with Gasteiger partial charge in [-0.05, 0) is 29.8 Å². The lowest BCUT2D eigenvalue weighted by molar-refractivity contribution is -0.154. The van der Waals surface area contributed by atoms with Gasteiger partial charge < -0.3 is 10.1 Å². The number of carbonyl (C=O) groups excluding carboxylic acids is 1. The summed E-state index contributed by atoms with van der Waals surface area (Å²) < 4.78 is 44.3. The highest BCUT2D eigenvalue weighted by Gasteiger charge is 2.29. The maximum absolute atomic E-state index is 12.5. The summed E-state index contributed by atoms with van der Waals surface area (Å²) in [5.74, 6) is -0.655. The number of anilines is 1. The SMILES string of the molecule is O=C(Nc1ccnn1Cc1ccc(Br)cc1)c1cccnc1OCC(F)(F)F. The second kappa shape index (κ2) is 8.42. The molecule has 0 radical (unpaired) electrons. The van der Waals surface area contributed by atoms with Gasteiger partial charge in [-0.2, -0.15) is 18.3 Å². The maximum atomic E-state index is 12.5. The first-order valence-corrected chi connectivity index (χ1v) is 8.83. The molecule has 0 bridgehead atoms. The van der Waals surface area contributed by atoms with Gasteiger partial charge in [0.1, 0.15) is 11.4 Å². The van der Waals surface area contributed by atoms with Crippen LogP contribution in [0.25, 0.3) is 0 Å². The summed E-state index contributed by atoms with van der Waals surface area (Å²) in [5, 5.41) is 6.79. The number of carbonyl (C=O) groups is 1. The van der Waals surface area contributed by atoms with E-state index in [0.717, 1.165) is 10.0 Å². The Hall–Kier alpha value is -2.88. The molecule has 0 aliphatic carbocycles. The topological polar surface area (TPSA) is 69.0 Å². The minimum atomic E-state index is -4.53. The van der Waals surface area contributed by atoms with Gasteiger partial charge in [0, 0.05) is 16.7 Å². The molecule has 0 unspecified atom stereocenters. The molecular formula is C18H14BrF3N4O2. The van der Waals surface area contributed by atoms with Crippen LogP contribution in [0.15, 0.2) is 59.3 Å². The molecule has 10 heteroatoms. The summed E-state index contributed by atoms with van der Waals surface area (Å²) in [6, 6.07) is 11.9. The van der Waals surface area contributed by atoms with Crippen LogP contribution in [0.2, 0.25) is 0 Å². The fourth-order valence-corrected chi connectivity index (χ4v) is 2.60. The lowest BCUT2D eigenvalue weighted by Crippen LogP contribution is -2.22. The highest BCUT2D eigenvalue weighted by molar-refractivity contribution is 9.10. The van der Waals surface area contributed by atoms with Crippen LogP contribution in [0.3, 0.4) is 0 Å². The van der Waals surface area contributed by atoms with E-state index in [1.165, 1.54) is 24.5 Å². The fourth-order valence-electron chi connectivity index (χ4n) is 2.34. The van der Waals surface area contributed by atoms with E-state index in [1.54, 1.807) is 10.7 Å². The van der Waals surface area contributed by atoms with E-state index in [9.17, 15) is 18.0 Å². The minimum Gasteiger partial charge on any atom is -0.467 e. The standard InChI is InChI=1S/C18H14BrF3N4O2/c19-13-5-3-12(4-6-13)10-26-15(7-9-24-26)25-16(27)14-2-1-8-23-17(14)28-11-18(20,21)22/h1-9H,10-11H2,(H,25,27). The highest BCUT2D eigenvalue weighted by Crippen LogP contribution is 2.21. The molecule has 28 heavy (non-hydrogen) atoms. The number of hydrogen-bond acceptors (Lipinski definition) is 4. The van der Waals surface area contributed by atoms with Gasteiger partial charge >= 0.3 is 6.18 Å². The van der Waals surface area contributed by atoms with Crippen LogP contribution in [0.1, 0.15) is 15.9 Å². The molecule has 0 aliphatic heterocycles. The Balaban J connectivity index is 1.74. The molecule has 1 amide bonds. The maximum Gasteiger partial charge on any atom is 0.422 e. The zero-order chi connectivity index (χ0) is 20.1. The van der Waals surface area contributed by atoms with E-state index in [-0.39, 0.29) is 5.56 Å². The van der Waals surface area contributed by atoms with Gasteiger partial charge in [-0.1, -0.05) is 28.1 Å². The van der Waals surface area contributed by atoms with Crippen molar-refractivity contribution >= 4 is 27.7 Å². The number of pyridine rings is 1. The molecular weight excluding hydrogens is 441 g/mol. The number of rotatable bonds is 6. The van der Waals surface area contributed by atoms with Gasteiger partial charge in [0.25, 0.3) is 5.91 Å². The molecule has 0 aliphatic rings. The fraction of sp³-hybridized carbons (Fsp3) is 0.167. The largest absolute Gasteiger partial charge is 0.467 e. The van der Waals surface area contributed by atoms with Gasteiger partial charge in [0.15, 0.2) is 6.61 Å². The van der Waals surface area contributed by atoms with Crippen LogP contribution in [-0.4, -0.2) is 33.5 Å². The molecule has 1 aromatic carbocycles. The summed E-state index contributed by atoms with van der Waals surface area (Å²) in [5.41, 5.74) is 0.848. The second-order valence-corrected chi connectivity index (χ2v) is 6.63. The number of halogens is 4. The molecule has 0 saturated carbocycles. The molecule has 2 aromatic heterocycles. The Bertz CT molecular complexity index is 958. The van der Waals surface area contributed by atoms with Gasteiger partial charge in [-0.3, -0.25) is 4.79 Å². The van der Waals surface area contributed by atoms with Crippen molar-refractivity contribution in [1.29, 1.82) is 0 Å². The van der Waals surface area contributed by atoms with Crippen molar-refractivity contribution < 1.29 is 22.7 Å². The van der Waals surface area contributed by atoms with Crippen LogP contribution < -0.4 is 10.1 Å². The van der Waals surface area contributed by atoms with Gasteiger partial charge in [0.05, 0.1) is 12.7 Å². The third kappa shape index (κ3) is 5.32. The average molecular weight is 455 g/mol. The van der Waals surface area contributed by atoms with Crippen molar-refractivity contribution in [1.82, 2.24) is 14.8 Å². The zero-order valence-corrected chi connectivity index (χ0v) is 15.9. The second-order valence-electron chi connectivity index (χ2n) is 5.71. The first kappa shape index (κ1) is 19.9. The van der Waals surface area contributed by atoms with Crippen molar-refractivity contribution in [2.75, 3.05) is 11.9 Å². The van der Waals surface area contributed by atoms with Crippen LogP contribution in [-0.2, 0) is 6.54 Å². The summed E-state index contributed by atoms with van der Waals surface area (Å²) in [4.78, 5) is 16.3. The number of nitrogens with zero attached hydrogens (tertiary/aromatic N) is 3. The Kier molecular flexibility index (Phi) is 5.98. The Morgan fingerprint density at radius 1 is 1.14 bits per heavy atom. The number of benzene rings is 1. The molecule has 1 N–H and O–H groups in total. The van der Waals surface area contributed by atoms with Gasteiger partial charge in [-0.25, -0.2) is 9.67 Å². The normalized spacial score (nSPS) is 11.3. The molecule has 146 valence electrons. The molecule has 6 nitrogen and oxygen atoms in total. The Labute approximate surface area is 166 Å². The Morgan fingerprint density at radius 2 is 1.89 bits per heavy atom. The number of hydrogen-bond donors (Lipinski definition) is 1. The molecule has 3 aromatic rings. The van der Waals surface area contributed by atoms with Crippen molar-refractivity contribution in [2.24, 2.45) is 0 Å². The quantitative estimate of drug-likeness (QED) is 0.603. The summed E-state index contributed by atoms with van der Waals surface area (Å²) in [7, 11) is 0. The van der Waals surface area contributed by atoms with Crippen LogP contribution in [0, 0.1) is 0 Å². The highest BCUT2D eigenvalue weighted by atomic mass is 79.9. The van der Waals surface area contributed by atoms with Crippen LogP contribution >= 0.6 is 15.9 Å². The third-order valence-electron chi connectivity index (χ3n) is 3.59. The third-order valence-corrected chi connectivity index (χ3v) is 4.12. The number of aromatic nitrogens is 3. The first-order valence-electron chi connectivity index (χ1n) is 8.04. The lowest BCUT2D eigenvalue weighted by atomic mass is 10.2. The average Bonchev–Trinajstić information content (AvgIpc) is 3.08. The minimum absolute atomic E-state index is 0.108. The van der Waals surface area contributed by atoms with E-state index in [4.69, 9.17) is 0 Å². The van der Waals surface area contributed by atoms with Crippen molar-refractivity contribution in [2.45, 2.75) is 12.7 Å². The van der Waals surface area contributed by atoms with Crippen molar-refractivity contribution in [3.05, 3.63) is 70.5 Å². The predicted octanol–water partition coefficient (Wildman–Crippen LogP) is 4.28. The molecule has 0 spiro atoms. The van der Waals surface area contributed by atoms with E-state index in [0.29, 0.717) is 12.4 Å². The monoisotopic (exact) mass is 454 g/mol. The van der Waals surface area contributed by atoms with Crippen LogP contribution in [0.5, 0.6) is 5.88 Å². The van der Waals surface area contributed by atoms with E-state index in [2.05, 4.69) is 36.1 Å². The number of nitrogens with one attached hydrogen (secondary N) is 1. The van der Waals surface area contributed by atoms with Crippen molar-refractivity contribution in [3.63, 3.8) is 0 Å². The van der Waals surface area contributed by atoms with E-state index >= 15 is 0 Å². The smallest absolute Gasteiger partial charge is 0.422 e. The first-order chi connectivity index (χ1) is 13.3. The molecule has 3 rings (SSSR count).